The third-order valence-corrected chi connectivity index (χ3v) is 3.16. The van der Waals surface area contributed by atoms with E-state index in [0.29, 0.717) is 23.8 Å². The van der Waals surface area contributed by atoms with Gasteiger partial charge in [0.1, 0.15) is 5.52 Å². The zero-order valence-electron chi connectivity index (χ0n) is 12.4. The summed E-state index contributed by atoms with van der Waals surface area (Å²) in [6, 6.07) is 10.8. The van der Waals surface area contributed by atoms with Gasteiger partial charge in [0.05, 0.1) is 12.3 Å². The molecule has 3 aromatic rings. The molecule has 1 heterocycles. The van der Waals surface area contributed by atoms with Gasteiger partial charge in [-0.3, -0.25) is 4.99 Å². The Morgan fingerprint density at radius 2 is 2.18 bits per heavy atom. The van der Waals surface area contributed by atoms with Crippen LogP contribution in [-0.4, -0.2) is 22.9 Å². The first-order chi connectivity index (χ1) is 10.7. The molecule has 1 aromatic heterocycles. The molecule has 0 bridgehead atoms. The van der Waals surface area contributed by atoms with Gasteiger partial charge in [-0.1, -0.05) is 6.07 Å². The van der Waals surface area contributed by atoms with E-state index in [1.807, 2.05) is 31.2 Å². The van der Waals surface area contributed by atoms with Crippen LogP contribution in [0.3, 0.4) is 0 Å². The molecular formula is C17H16N2O3. The van der Waals surface area contributed by atoms with Crippen molar-refractivity contribution in [2.75, 3.05) is 6.61 Å². The Morgan fingerprint density at radius 3 is 3.00 bits per heavy atom. The average molecular weight is 296 g/mol. The fraction of sp³-hybridized carbons (Fsp3) is 0.176. The zero-order valence-corrected chi connectivity index (χ0v) is 12.4. The molecule has 0 aliphatic heterocycles. The van der Waals surface area contributed by atoms with Gasteiger partial charge in [0.2, 0.25) is 0 Å². The number of aromatic nitrogens is 1. The summed E-state index contributed by atoms with van der Waals surface area (Å²) in [5.74, 6) is 1.17. The number of nitrogens with zero attached hydrogens (tertiary/aromatic N) is 2. The van der Waals surface area contributed by atoms with Crippen molar-refractivity contribution in [3.8, 4) is 11.5 Å². The second-order valence-electron chi connectivity index (χ2n) is 4.77. The van der Waals surface area contributed by atoms with Crippen LogP contribution in [-0.2, 0) is 0 Å². The predicted molar refractivity (Wildman–Crippen MR) is 85.3 cm³/mol. The van der Waals surface area contributed by atoms with E-state index < -0.39 is 0 Å². The van der Waals surface area contributed by atoms with Crippen molar-refractivity contribution in [3.63, 3.8) is 0 Å². The second-order valence-corrected chi connectivity index (χ2v) is 4.77. The molecule has 1 N–H and O–H groups in total. The van der Waals surface area contributed by atoms with E-state index in [4.69, 9.17) is 9.15 Å². The molecular weight excluding hydrogens is 280 g/mol. The summed E-state index contributed by atoms with van der Waals surface area (Å²) in [5.41, 5.74) is 2.83. The average Bonchev–Trinajstić information content (AvgIpc) is 2.87. The van der Waals surface area contributed by atoms with E-state index in [1.54, 1.807) is 25.3 Å². The summed E-state index contributed by atoms with van der Waals surface area (Å²) in [4.78, 5) is 8.65. The molecule has 112 valence electrons. The first kappa shape index (κ1) is 14.1. The van der Waals surface area contributed by atoms with Gasteiger partial charge < -0.3 is 14.3 Å². The van der Waals surface area contributed by atoms with Gasteiger partial charge in [-0.15, -0.1) is 0 Å². The summed E-state index contributed by atoms with van der Waals surface area (Å²) in [7, 11) is 0. The van der Waals surface area contributed by atoms with E-state index >= 15 is 0 Å². The summed E-state index contributed by atoms with van der Waals surface area (Å²) in [6.07, 6.45) is 1.60. The minimum Gasteiger partial charge on any atom is -0.504 e. The maximum Gasteiger partial charge on any atom is 0.192 e. The highest BCUT2D eigenvalue weighted by Crippen LogP contribution is 2.29. The normalized spacial score (nSPS) is 11.4. The Kier molecular flexibility index (Phi) is 3.78. The molecule has 0 unspecified atom stereocenters. The van der Waals surface area contributed by atoms with E-state index in [2.05, 4.69) is 9.98 Å². The number of aliphatic imine (C=N–C) groups is 1. The maximum absolute atomic E-state index is 10.1. The Morgan fingerprint density at radius 1 is 1.32 bits per heavy atom. The van der Waals surface area contributed by atoms with Crippen LogP contribution in [0.4, 0.5) is 5.69 Å². The number of aromatic hydroxyl groups is 1. The molecule has 3 rings (SSSR count). The summed E-state index contributed by atoms with van der Waals surface area (Å²) in [6.45, 7) is 4.17. The van der Waals surface area contributed by atoms with Gasteiger partial charge in [0, 0.05) is 18.7 Å². The number of fused-ring (bicyclic) bond motifs is 1. The molecule has 0 aliphatic rings. The zero-order chi connectivity index (χ0) is 15.5. The van der Waals surface area contributed by atoms with Crippen LogP contribution < -0.4 is 4.74 Å². The van der Waals surface area contributed by atoms with Crippen LogP contribution in [0.5, 0.6) is 11.5 Å². The number of ether oxygens (including phenoxy) is 1. The first-order valence-electron chi connectivity index (χ1n) is 7.03. The Hall–Kier alpha value is -2.82. The van der Waals surface area contributed by atoms with Crippen molar-refractivity contribution in [2.24, 2.45) is 4.99 Å². The number of para-hydroxylation sites is 1. The maximum atomic E-state index is 10.1. The van der Waals surface area contributed by atoms with E-state index in [9.17, 15) is 5.11 Å². The summed E-state index contributed by atoms with van der Waals surface area (Å²) in [5, 5.41) is 10.1. The summed E-state index contributed by atoms with van der Waals surface area (Å²) >= 11 is 0. The van der Waals surface area contributed by atoms with Crippen molar-refractivity contribution >= 4 is 23.0 Å². The van der Waals surface area contributed by atoms with Crippen molar-refractivity contribution < 1.29 is 14.3 Å². The van der Waals surface area contributed by atoms with Crippen LogP contribution in [0.25, 0.3) is 11.1 Å². The number of oxazole rings is 1. The van der Waals surface area contributed by atoms with Crippen LogP contribution in [0.1, 0.15) is 18.4 Å². The Labute approximate surface area is 127 Å². The van der Waals surface area contributed by atoms with Gasteiger partial charge >= 0.3 is 0 Å². The van der Waals surface area contributed by atoms with E-state index in [-0.39, 0.29) is 5.75 Å². The first-order valence-corrected chi connectivity index (χ1v) is 7.03. The molecule has 0 saturated heterocycles. The van der Waals surface area contributed by atoms with Crippen LogP contribution in [0.15, 0.2) is 45.8 Å². The largest absolute Gasteiger partial charge is 0.504 e. The summed E-state index contributed by atoms with van der Waals surface area (Å²) < 4.78 is 10.8. The molecule has 2 aromatic carbocycles. The Bertz CT molecular complexity index is 837. The van der Waals surface area contributed by atoms with Crippen molar-refractivity contribution in [1.29, 1.82) is 0 Å². The minimum atomic E-state index is 0.0893. The molecule has 0 atom stereocenters. The molecule has 0 amide bonds. The number of hydrogen-bond donors (Lipinski definition) is 1. The lowest BCUT2D eigenvalue weighted by Crippen LogP contribution is -1.93. The quantitative estimate of drug-likeness (QED) is 0.739. The second kappa shape index (κ2) is 5.89. The monoisotopic (exact) mass is 296 g/mol. The number of aryl methyl sites for hydroxylation is 1. The fourth-order valence-corrected chi connectivity index (χ4v) is 2.17. The van der Waals surface area contributed by atoms with Gasteiger partial charge in [-0.2, -0.15) is 0 Å². The molecule has 0 spiro atoms. The molecule has 0 saturated carbocycles. The molecule has 0 aliphatic carbocycles. The van der Waals surface area contributed by atoms with Crippen molar-refractivity contribution in [1.82, 2.24) is 4.98 Å². The van der Waals surface area contributed by atoms with Crippen LogP contribution >= 0.6 is 0 Å². The number of benzene rings is 2. The SMILES string of the molecule is CCOc1cccc(C=Nc2ccc3oc(C)nc3c2)c1O. The topological polar surface area (TPSA) is 67.9 Å². The highest BCUT2D eigenvalue weighted by Gasteiger charge is 2.06. The van der Waals surface area contributed by atoms with Gasteiger partial charge in [0.15, 0.2) is 23.0 Å². The molecule has 22 heavy (non-hydrogen) atoms. The third-order valence-electron chi connectivity index (χ3n) is 3.16. The van der Waals surface area contributed by atoms with Gasteiger partial charge in [0.25, 0.3) is 0 Å². The third kappa shape index (κ3) is 2.79. The minimum absolute atomic E-state index is 0.0893. The lowest BCUT2D eigenvalue weighted by Gasteiger charge is -2.07. The van der Waals surface area contributed by atoms with E-state index in [1.165, 1.54) is 0 Å². The number of hydrogen-bond acceptors (Lipinski definition) is 5. The number of rotatable bonds is 4. The van der Waals surface area contributed by atoms with Crippen molar-refractivity contribution in [2.45, 2.75) is 13.8 Å². The lowest BCUT2D eigenvalue weighted by molar-refractivity contribution is 0.318. The lowest BCUT2D eigenvalue weighted by atomic mass is 10.2. The fourth-order valence-electron chi connectivity index (χ4n) is 2.17. The van der Waals surface area contributed by atoms with Crippen LogP contribution in [0, 0.1) is 6.92 Å². The molecule has 5 heteroatoms. The van der Waals surface area contributed by atoms with Crippen molar-refractivity contribution in [3.05, 3.63) is 47.9 Å². The van der Waals surface area contributed by atoms with Crippen LogP contribution in [0.2, 0.25) is 0 Å². The van der Waals surface area contributed by atoms with Gasteiger partial charge in [-0.05, 0) is 37.3 Å². The predicted octanol–water partition coefficient (Wildman–Crippen LogP) is 3.99. The van der Waals surface area contributed by atoms with Gasteiger partial charge in [-0.25, -0.2) is 4.98 Å². The van der Waals surface area contributed by atoms with E-state index in [0.717, 1.165) is 16.8 Å². The number of phenols is 1. The molecule has 5 nitrogen and oxygen atoms in total. The highest BCUT2D eigenvalue weighted by molar-refractivity contribution is 5.87. The molecule has 0 radical (unpaired) electrons. The molecule has 0 fully saturated rings. The Balaban J connectivity index is 1.90. The highest BCUT2D eigenvalue weighted by atomic mass is 16.5. The standard InChI is InChI=1S/C17H16N2O3/c1-3-21-16-6-4-5-12(17(16)20)10-18-13-7-8-15-14(9-13)19-11(2)22-15/h4-10,20H,3H2,1-2H3. The smallest absolute Gasteiger partial charge is 0.192 e. The number of phenolic OH excluding ortho intramolecular Hbond substituents is 1.